The first kappa shape index (κ1) is 12.1. The maximum atomic E-state index is 13.8. The van der Waals surface area contributed by atoms with Gasteiger partial charge in [-0.15, -0.1) is 0 Å². The second kappa shape index (κ2) is 5.30. The van der Waals surface area contributed by atoms with Crippen LogP contribution in [0.1, 0.15) is 5.56 Å². The second-order valence-corrected chi connectivity index (χ2v) is 4.25. The molecule has 0 heterocycles. The summed E-state index contributed by atoms with van der Waals surface area (Å²) < 4.78 is 13.8. The number of rotatable bonds is 3. The Morgan fingerprint density at radius 3 is 2.59 bits per heavy atom. The minimum Gasteiger partial charge on any atom is -0.316 e. The van der Waals surface area contributed by atoms with Gasteiger partial charge in [0.25, 0.3) is 0 Å². The molecule has 0 atom stereocenters. The summed E-state index contributed by atoms with van der Waals surface area (Å²) >= 11 is 5.98. The van der Waals surface area contributed by atoms with Gasteiger partial charge in [0, 0.05) is 17.1 Å². The highest BCUT2D eigenvalue weighted by Crippen LogP contribution is 2.28. The van der Waals surface area contributed by atoms with Gasteiger partial charge in [-0.25, -0.2) is 4.39 Å². The van der Waals surface area contributed by atoms with Gasteiger partial charge in [-0.2, -0.15) is 0 Å². The minimum absolute atomic E-state index is 0.230. The van der Waals surface area contributed by atoms with Crippen LogP contribution in [0.2, 0.25) is 5.02 Å². The number of hydrogen-bond donors (Lipinski definition) is 1. The molecule has 0 fully saturated rings. The maximum Gasteiger partial charge on any atom is 0.131 e. The predicted octanol–water partition coefficient (Wildman–Crippen LogP) is 3.87. The normalized spacial score (nSPS) is 10.5. The Morgan fingerprint density at radius 2 is 1.88 bits per heavy atom. The third-order valence-electron chi connectivity index (χ3n) is 2.60. The third kappa shape index (κ3) is 2.65. The van der Waals surface area contributed by atoms with Gasteiger partial charge in [0.15, 0.2) is 0 Å². The fourth-order valence-corrected chi connectivity index (χ4v) is 2.00. The highest BCUT2D eigenvalue weighted by molar-refractivity contribution is 6.30. The highest BCUT2D eigenvalue weighted by atomic mass is 35.5. The molecule has 1 nitrogen and oxygen atoms in total. The van der Waals surface area contributed by atoms with E-state index >= 15 is 0 Å². The van der Waals surface area contributed by atoms with Crippen molar-refractivity contribution in [2.45, 2.75) is 6.54 Å². The molecular weight excluding hydrogens is 237 g/mol. The van der Waals surface area contributed by atoms with Crippen molar-refractivity contribution in [3.05, 3.63) is 58.9 Å². The maximum absolute atomic E-state index is 13.8. The molecule has 0 aromatic heterocycles. The van der Waals surface area contributed by atoms with Crippen molar-refractivity contribution in [1.29, 1.82) is 0 Å². The zero-order valence-corrected chi connectivity index (χ0v) is 10.3. The third-order valence-corrected chi connectivity index (χ3v) is 2.84. The average molecular weight is 250 g/mol. The Bertz CT molecular complexity index is 525. The van der Waals surface area contributed by atoms with Crippen LogP contribution in [-0.4, -0.2) is 7.05 Å². The average Bonchev–Trinajstić information content (AvgIpc) is 2.32. The van der Waals surface area contributed by atoms with E-state index in [1.165, 1.54) is 6.07 Å². The van der Waals surface area contributed by atoms with Gasteiger partial charge in [0.1, 0.15) is 5.82 Å². The highest BCUT2D eigenvalue weighted by Gasteiger charge is 2.09. The molecule has 17 heavy (non-hydrogen) atoms. The molecule has 0 radical (unpaired) electrons. The molecule has 0 bridgehead atoms. The summed E-state index contributed by atoms with van der Waals surface area (Å²) in [5, 5.41) is 3.68. The smallest absolute Gasteiger partial charge is 0.131 e. The van der Waals surface area contributed by atoms with Crippen LogP contribution in [0.4, 0.5) is 4.39 Å². The summed E-state index contributed by atoms with van der Waals surface area (Å²) in [4.78, 5) is 0. The molecule has 1 N–H and O–H groups in total. The van der Waals surface area contributed by atoms with Crippen molar-refractivity contribution >= 4 is 11.6 Å². The van der Waals surface area contributed by atoms with Crippen molar-refractivity contribution in [1.82, 2.24) is 5.32 Å². The monoisotopic (exact) mass is 249 g/mol. The van der Waals surface area contributed by atoms with Crippen LogP contribution in [-0.2, 0) is 6.54 Å². The van der Waals surface area contributed by atoms with E-state index in [1.54, 1.807) is 18.2 Å². The van der Waals surface area contributed by atoms with Crippen molar-refractivity contribution in [3.63, 3.8) is 0 Å². The van der Waals surface area contributed by atoms with E-state index in [2.05, 4.69) is 5.32 Å². The summed E-state index contributed by atoms with van der Waals surface area (Å²) in [6.45, 7) is 0.681. The summed E-state index contributed by atoms with van der Waals surface area (Å²) in [5.74, 6) is -0.230. The predicted molar refractivity (Wildman–Crippen MR) is 69.6 cm³/mol. The number of benzene rings is 2. The van der Waals surface area contributed by atoms with Crippen LogP contribution in [0.15, 0.2) is 42.5 Å². The summed E-state index contributed by atoms with van der Waals surface area (Å²) in [7, 11) is 1.86. The van der Waals surface area contributed by atoms with Crippen LogP contribution in [0, 0.1) is 5.82 Å². The molecule has 0 saturated carbocycles. The van der Waals surface area contributed by atoms with Crippen LogP contribution >= 0.6 is 11.6 Å². The molecule has 0 aliphatic rings. The Hall–Kier alpha value is -1.38. The first-order chi connectivity index (χ1) is 8.22. The molecule has 0 unspecified atom stereocenters. The molecular formula is C14H13ClFN. The van der Waals surface area contributed by atoms with E-state index in [4.69, 9.17) is 11.6 Å². The Kier molecular flexibility index (Phi) is 3.77. The molecule has 0 aliphatic heterocycles. The summed E-state index contributed by atoms with van der Waals surface area (Å²) in [6.07, 6.45) is 0. The molecule has 0 aliphatic carbocycles. The molecule has 2 aromatic rings. The van der Waals surface area contributed by atoms with Gasteiger partial charge in [-0.1, -0.05) is 35.9 Å². The summed E-state index contributed by atoms with van der Waals surface area (Å²) in [5.41, 5.74) is 2.45. The zero-order valence-electron chi connectivity index (χ0n) is 9.50. The lowest BCUT2D eigenvalue weighted by atomic mass is 9.99. The van der Waals surface area contributed by atoms with Gasteiger partial charge >= 0.3 is 0 Å². The quantitative estimate of drug-likeness (QED) is 0.871. The van der Waals surface area contributed by atoms with Gasteiger partial charge in [0.05, 0.1) is 0 Å². The molecule has 2 rings (SSSR count). The van der Waals surface area contributed by atoms with Crippen molar-refractivity contribution in [2.75, 3.05) is 7.05 Å². The number of nitrogens with one attached hydrogen (secondary N) is 1. The van der Waals surface area contributed by atoms with Crippen LogP contribution in [0.3, 0.4) is 0 Å². The Balaban J connectivity index is 2.57. The minimum atomic E-state index is -0.230. The molecule has 0 amide bonds. The van der Waals surface area contributed by atoms with Crippen molar-refractivity contribution in [3.8, 4) is 11.1 Å². The lowest BCUT2D eigenvalue weighted by Gasteiger charge is -2.10. The van der Waals surface area contributed by atoms with E-state index in [0.717, 1.165) is 11.1 Å². The fourth-order valence-electron chi connectivity index (χ4n) is 1.82. The Labute approximate surface area is 105 Å². The summed E-state index contributed by atoms with van der Waals surface area (Å²) in [6, 6.07) is 12.3. The largest absolute Gasteiger partial charge is 0.316 e. The van der Waals surface area contributed by atoms with E-state index in [1.807, 2.05) is 25.2 Å². The van der Waals surface area contributed by atoms with E-state index in [0.29, 0.717) is 17.1 Å². The lowest BCUT2D eigenvalue weighted by molar-refractivity contribution is 0.631. The van der Waals surface area contributed by atoms with E-state index in [-0.39, 0.29) is 5.82 Å². The lowest BCUT2D eigenvalue weighted by Crippen LogP contribution is -2.06. The molecule has 0 spiro atoms. The molecule has 0 saturated heterocycles. The SMILES string of the molecule is CNCc1ccc(Cl)cc1-c1ccccc1F. The van der Waals surface area contributed by atoms with Crippen LogP contribution in [0.5, 0.6) is 0 Å². The standard InChI is InChI=1S/C14H13ClFN/c1-17-9-10-6-7-11(15)8-13(10)12-4-2-3-5-14(12)16/h2-8,17H,9H2,1H3. The second-order valence-electron chi connectivity index (χ2n) is 3.81. The number of halogens is 2. The first-order valence-electron chi connectivity index (χ1n) is 5.40. The first-order valence-corrected chi connectivity index (χ1v) is 5.78. The number of hydrogen-bond acceptors (Lipinski definition) is 1. The van der Waals surface area contributed by atoms with Crippen molar-refractivity contribution < 1.29 is 4.39 Å². The van der Waals surface area contributed by atoms with Gasteiger partial charge in [-0.05, 0) is 36.4 Å². The van der Waals surface area contributed by atoms with Gasteiger partial charge < -0.3 is 5.32 Å². The Morgan fingerprint density at radius 1 is 1.12 bits per heavy atom. The zero-order chi connectivity index (χ0) is 12.3. The molecule has 88 valence electrons. The van der Waals surface area contributed by atoms with E-state index < -0.39 is 0 Å². The molecule has 2 aromatic carbocycles. The van der Waals surface area contributed by atoms with Crippen LogP contribution < -0.4 is 5.32 Å². The van der Waals surface area contributed by atoms with Gasteiger partial charge in [0.2, 0.25) is 0 Å². The topological polar surface area (TPSA) is 12.0 Å². The van der Waals surface area contributed by atoms with Crippen LogP contribution in [0.25, 0.3) is 11.1 Å². The molecule has 3 heteroatoms. The van der Waals surface area contributed by atoms with Crippen molar-refractivity contribution in [2.24, 2.45) is 0 Å². The fraction of sp³-hybridized carbons (Fsp3) is 0.143. The van der Waals surface area contributed by atoms with Gasteiger partial charge in [-0.3, -0.25) is 0 Å². The van der Waals surface area contributed by atoms with E-state index in [9.17, 15) is 4.39 Å².